The lowest BCUT2D eigenvalue weighted by molar-refractivity contribution is 0.0790. The van der Waals surface area contributed by atoms with Crippen LogP contribution in [-0.4, -0.2) is 32.6 Å². The smallest absolute Gasteiger partial charge is 0.264 e. The predicted octanol–water partition coefficient (Wildman–Crippen LogP) is 4.06. The fourth-order valence-corrected chi connectivity index (χ4v) is 4.10. The first kappa shape index (κ1) is 16.5. The molecule has 0 aliphatic heterocycles. The third kappa shape index (κ3) is 2.99. The van der Waals surface area contributed by atoms with Crippen LogP contribution in [0.15, 0.2) is 60.9 Å². The van der Waals surface area contributed by atoms with Crippen molar-refractivity contribution < 1.29 is 4.79 Å². The van der Waals surface area contributed by atoms with Gasteiger partial charge < -0.3 is 4.90 Å². The zero-order chi connectivity index (χ0) is 18.1. The Kier molecular flexibility index (Phi) is 4.26. The highest BCUT2D eigenvalue weighted by atomic mass is 32.1. The average molecular weight is 362 g/mol. The molecule has 130 valence electrons. The van der Waals surface area contributed by atoms with Crippen LogP contribution in [-0.2, 0) is 6.54 Å². The van der Waals surface area contributed by atoms with E-state index in [1.165, 1.54) is 11.3 Å². The number of pyridine rings is 1. The van der Waals surface area contributed by atoms with Crippen LogP contribution in [0.2, 0.25) is 0 Å². The molecule has 3 heterocycles. The number of para-hydroxylation sites is 1. The maximum Gasteiger partial charge on any atom is 0.264 e. The lowest BCUT2D eigenvalue weighted by Gasteiger charge is -2.15. The molecule has 4 rings (SSSR count). The van der Waals surface area contributed by atoms with Gasteiger partial charge in [0.25, 0.3) is 5.91 Å². The topological polar surface area (TPSA) is 51.0 Å². The summed E-state index contributed by atoms with van der Waals surface area (Å²) >= 11 is 1.48. The molecule has 0 atom stereocenters. The highest BCUT2D eigenvalue weighted by Crippen LogP contribution is 2.31. The molecule has 0 saturated carbocycles. The van der Waals surface area contributed by atoms with Gasteiger partial charge in [0.2, 0.25) is 0 Å². The van der Waals surface area contributed by atoms with E-state index >= 15 is 0 Å². The third-order valence-corrected chi connectivity index (χ3v) is 5.34. The minimum atomic E-state index is 0.00839. The van der Waals surface area contributed by atoms with E-state index in [2.05, 4.69) is 10.1 Å². The standard InChI is InChI=1S/C20H18N4OS/c1-14-17-11-18(19(25)23(2)13-15-7-6-10-21-12-15)26-20(17)24(22-14)16-8-4-3-5-9-16/h3-12H,13H2,1-2H3. The van der Waals surface area contributed by atoms with Gasteiger partial charge in [-0.05, 0) is 36.8 Å². The largest absolute Gasteiger partial charge is 0.337 e. The summed E-state index contributed by atoms with van der Waals surface area (Å²) in [7, 11) is 1.82. The summed E-state index contributed by atoms with van der Waals surface area (Å²) in [6, 6.07) is 15.8. The molecule has 0 spiro atoms. The van der Waals surface area contributed by atoms with E-state index in [4.69, 9.17) is 0 Å². The SMILES string of the molecule is Cc1nn(-c2ccccc2)c2sc(C(=O)N(C)Cc3cccnc3)cc12. The molecule has 0 aliphatic rings. The molecule has 0 fully saturated rings. The Balaban J connectivity index is 1.66. The van der Waals surface area contributed by atoms with Crippen molar-refractivity contribution in [1.29, 1.82) is 0 Å². The Morgan fingerprint density at radius 2 is 2.00 bits per heavy atom. The van der Waals surface area contributed by atoms with Gasteiger partial charge >= 0.3 is 0 Å². The van der Waals surface area contributed by atoms with Crippen LogP contribution in [0.1, 0.15) is 20.9 Å². The normalized spacial score (nSPS) is 11.0. The molecule has 0 bridgehead atoms. The maximum atomic E-state index is 12.9. The van der Waals surface area contributed by atoms with Gasteiger partial charge in [0.1, 0.15) is 4.83 Å². The second kappa shape index (κ2) is 6.72. The number of fused-ring (bicyclic) bond motifs is 1. The average Bonchev–Trinajstić information content (AvgIpc) is 3.23. The molecule has 5 nitrogen and oxygen atoms in total. The van der Waals surface area contributed by atoms with Gasteiger partial charge in [0.15, 0.2) is 0 Å². The Morgan fingerprint density at radius 3 is 2.73 bits per heavy atom. The minimum Gasteiger partial charge on any atom is -0.337 e. The Bertz CT molecular complexity index is 1050. The summed E-state index contributed by atoms with van der Waals surface area (Å²) in [4.78, 5) is 20.4. The van der Waals surface area contributed by atoms with Crippen molar-refractivity contribution in [2.24, 2.45) is 0 Å². The second-order valence-corrected chi connectivity index (χ2v) is 7.22. The number of rotatable bonds is 4. The Hall–Kier alpha value is -2.99. The fraction of sp³-hybridized carbons (Fsp3) is 0.150. The number of thiophene rings is 1. The molecular formula is C20H18N4OS. The lowest BCUT2D eigenvalue weighted by atomic mass is 10.2. The summed E-state index contributed by atoms with van der Waals surface area (Å²) in [6.07, 6.45) is 3.52. The first-order valence-electron chi connectivity index (χ1n) is 8.32. The van der Waals surface area contributed by atoms with Gasteiger partial charge in [-0.3, -0.25) is 9.78 Å². The molecule has 4 aromatic rings. The highest BCUT2D eigenvalue weighted by molar-refractivity contribution is 7.20. The van der Waals surface area contributed by atoms with E-state index in [9.17, 15) is 4.79 Å². The number of carbonyl (C=O) groups excluding carboxylic acids is 1. The van der Waals surface area contributed by atoms with E-state index in [0.717, 1.165) is 32.0 Å². The van der Waals surface area contributed by atoms with Gasteiger partial charge in [-0.2, -0.15) is 5.10 Å². The van der Waals surface area contributed by atoms with E-state index < -0.39 is 0 Å². The maximum absolute atomic E-state index is 12.9. The number of benzene rings is 1. The van der Waals surface area contributed by atoms with Gasteiger partial charge in [-0.1, -0.05) is 24.3 Å². The number of carbonyl (C=O) groups is 1. The van der Waals surface area contributed by atoms with E-state index in [0.29, 0.717) is 6.54 Å². The predicted molar refractivity (Wildman–Crippen MR) is 104 cm³/mol. The summed E-state index contributed by atoms with van der Waals surface area (Å²) < 4.78 is 1.91. The Labute approximate surface area is 155 Å². The minimum absolute atomic E-state index is 0.00839. The number of hydrogen-bond donors (Lipinski definition) is 0. The molecule has 0 unspecified atom stereocenters. The zero-order valence-electron chi connectivity index (χ0n) is 14.6. The molecule has 0 N–H and O–H groups in total. The van der Waals surface area contributed by atoms with Crippen LogP contribution in [0.25, 0.3) is 15.9 Å². The van der Waals surface area contributed by atoms with Crippen LogP contribution < -0.4 is 0 Å². The number of aryl methyl sites for hydroxylation is 1. The Morgan fingerprint density at radius 1 is 1.19 bits per heavy atom. The van der Waals surface area contributed by atoms with Gasteiger partial charge in [-0.25, -0.2) is 4.68 Å². The van der Waals surface area contributed by atoms with E-state index in [-0.39, 0.29) is 5.91 Å². The molecular weight excluding hydrogens is 344 g/mol. The number of hydrogen-bond acceptors (Lipinski definition) is 4. The van der Waals surface area contributed by atoms with Crippen molar-refractivity contribution in [3.8, 4) is 5.69 Å². The number of aromatic nitrogens is 3. The highest BCUT2D eigenvalue weighted by Gasteiger charge is 2.19. The summed E-state index contributed by atoms with van der Waals surface area (Å²) in [6.45, 7) is 2.51. The molecule has 26 heavy (non-hydrogen) atoms. The first-order chi connectivity index (χ1) is 12.6. The van der Waals surface area contributed by atoms with Crippen LogP contribution in [0.4, 0.5) is 0 Å². The van der Waals surface area contributed by atoms with Crippen molar-refractivity contribution in [2.45, 2.75) is 13.5 Å². The number of amides is 1. The van der Waals surface area contributed by atoms with E-state index in [1.54, 1.807) is 17.3 Å². The number of nitrogens with zero attached hydrogens (tertiary/aromatic N) is 4. The summed E-state index contributed by atoms with van der Waals surface area (Å²) in [5, 5.41) is 5.65. The van der Waals surface area contributed by atoms with Crippen LogP contribution in [0.3, 0.4) is 0 Å². The van der Waals surface area contributed by atoms with Crippen molar-refractivity contribution in [1.82, 2.24) is 19.7 Å². The third-order valence-electron chi connectivity index (χ3n) is 4.25. The molecule has 0 radical (unpaired) electrons. The zero-order valence-corrected chi connectivity index (χ0v) is 15.4. The van der Waals surface area contributed by atoms with Gasteiger partial charge in [0, 0.05) is 31.4 Å². The van der Waals surface area contributed by atoms with Crippen LogP contribution in [0, 0.1) is 6.92 Å². The monoisotopic (exact) mass is 362 g/mol. The van der Waals surface area contributed by atoms with Crippen molar-refractivity contribution in [2.75, 3.05) is 7.05 Å². The first-order valence-corrected chi connectivity index (χ1v) is 9.14. The van der Waals surface area contributed by atoms with Crippen molar-refractivity contribution in [3.63, 3.8) is 0 Å². The lowest BCUT2D eigenvalue weighted by Crippen LogP contribution is -2.25. The quantitative estimate of drug-likeness (QED) is 0.550. The molecule has 3 aromatic heterocycles. The summed E-state index contributed by atoms with van der Waals surface area (Å²) in [5.41, 5.74) is 2.93. The molecule has 6 heteroatoms. The fourth-order valence-electron chi connectivity index (χ4n) is 2.92. The summed E-state index contributed by atoms with van der Waals surface area (Å²) in [5.74, 6) is 0.00839. The van der Waals surface area contributed by atoms with Gasteiger partial charge in [-0.15, -0.1) is 11.3 Å². The van der Waals surface area contributed by atoms with Crippen molar-refractivity contribution in [3.05, 3.63) is 77.1 Å². The van der Waals surface area contributed by atoms with Crippen LogP contribution >= 0.6 is 11.3 Å². The van der Waals surface area contributed by atoms with E-state index in [1.807, 2.05) is 67.2 Å². The molecule has 1 aromatic carbocycles. The van der Waals surface area contributed by atoms with Crippen molar-refractivity contribution >= 4 is 27.5 Å². The molecule has 0 aliphatic carbocycles. The second-order valence-electron chi connectivity index (χ2n) is 6.18. The van der Waals surface area contributed by atoms with Gasteiger partial charge in [0.05, 0.1) is 16.3 Å². The molecule has 0 saturated heterocycles. The molecule has 1 amide bonds. The van der Waals surface area contributed by atoms with Crippen LogP contribution in [0.5, 0.6) is 0 Å².